The summed E-state index contributed by atoms with van der Waals surface area (Å²) in [6.45, 7) is 1.96. The molecule has 230 valence electrons. The fraction of sp³-hybridized carbons (Fsp3) is 0.484. The molecule has 43 heavy (non-hydrogen) atoms. The number of alkyl halides is 3. The van der Waals surface area contributed by atoms with E-state index in [9.17, 15) is 27.6 Å². The van der Waals surface area contributed by atoms with Crippen molar-refractivity contribution in [3.8, 4) is 5.75 Å². The zero-order valence-corrected chi connectivity index (χ0v) is 23.9. The number of hydrogen-bond donors (Lipinski definition) is 1. The Morgan fingerprint density at radius 1 is 1.09 bits per heavy atom. The van der Waals surface area contributed by atoms with Crippen LogP contribution in [0, 0.1) is 5.92 Å². The van der Waals surface area contributed by atoms with Crippen molar-refractivity contribution in [2.24, 2.45) is 10.9 Å². The Balaban J connectivity index is 1.43. The van der Waals surface area contributed by atoms with E-state index in [1.54, 1.807) is 30.1 Å². The third kappa shape index (κ3) is 7.54. The number of benzene rings is 2. The number of likely N-dealkylation sites (tertiary alicyclic amines) is 1. The Kier molecular flexibility index (Phi) is 9.34. The van der Waals surface area contributed by atoms with E-state index in [1.165, 1.54) is 4.90 Å². The lowest BCUT2D eigenvalue weighted by molar-refractivity contribution is -0.146. The number of aliphatic imine (C=N–C) groups is 1. The number of benzodiazepines with no additional fused rings is 1. The van der Waals surface area contributed by atoms with E-state index >= 15 is 0 Å². The first-order valence-electron chi connectivity index (χ1n) is 14.5. The largest absolute Gasteiger partial charge is 0.486 e. The van der Waals surface area contributed by atoms with Gasteiger partial charge in [0.25, 0.3) is 5.91 Å². The first kappa shape index (κ1) is 30.5. The smallest absolute Gasteiger partial charge is 0.389 e. The van der Waals surface area contributed by atoms with Gasteiger partial charge in [0.15, 0.2) is 0 Å². The molecular weight excluding hydrogens is 565 g/mol. The molecular formula is C31H35F3N4O5. The van der Waals surface area contributed by atoms with Crippen molar-refractivity contribution in [3.05, 3.63) is 59.7 Å². The Bertz CT molecular complexity index is 1360. The van der Waals surface area contributed by atoms with Gasteiger partial charge in [0.1, 0.15) is 11.9 Å². The van der Waals surface area contributed by atoms with Crippen LogP contribution in [-0.4, -0.2) is 80.1 Å². The van der Waals surface area contributed by atoms with Gasteiger partial charge in [0.05, 0.1) is 24.6 Å². The zero-order chi connectivity index (χ0) is 30.6. The van der Waals surface area contributed by atoms with Gasteiger partial charge >= 0.3 is 6.18 Å². The molecule has 0 saturated carbocycles. The van der Waals surface area contributed by atoms with Crippen molar-refractivity contribution in [1.82, 2.24) is 10.2 Å². The third-order valence-electron chi connectivity index (χ3n) is 7.92. The molecule has 2 aromatic rings. The summed E-state index contributed by atoms with van der Waals surface area (Å²) in [7, 11) is 1.54. The number of ether oxygens (including phenoxy) is 2. The predicted octanol–water partition coefficient (Wildman–Crippen LogP) is 4.08. The van der Waals surface area contributed by atoms with Gasteiger partial charge in [-0.05, 0) is 37.8 Å². The third-order valence-corrected chi connectivity index (χ3v) is 7.92. The van der Waals surface area contributed by atoms with Gasteiger partial charge in [-0.25, -0.2) is 4.99 Å². The summed E-state index contributed by atoms with van der Waals surface area (Å²) in [5.41, 5.74) is 2.22. The number of fused-ring (bicyclic) bond motifs is 1. The second kappa shape index (κ2) is 13.2. The highest BCUT2D eigenvalue weighted by atomic mass is 19.4. The summed E-state index contributed by atoms with van der Waals surface area (Å²) in [5.74, 6) is -2.51. The number of carbonyl (C=O) groups is 3. The number of nitrogens with one attached hydrogen (secondary N) is 1. The van der Waals surface area contributed by atoms with Crippen molar-refractivity contribution in [3.63, 3.8) is 0 Å². The number of carbonyl (C=O) groups excluding carboxylic acids is 3. The molecule has 0 unspecified atom stereocenters. The van der Waals surface area contributed by atoms with E-state index in [4.69, 9.17) is 9.47 Å². The van der Waals surface area contributed by atoms with Crippen LogP contribution in [0.5, 0.6) is 5.75 Å². The standard InChI is InChI=1S/C31H35F3N4O5/c1-37-25-17-22(43-23-18-42-19-23)10-11-24(25)27(20-8-4-2-5-9-20)35-28(30(37)41)36-29(40)21(12-13-31(32,33)34)16-26(39)38-14-6-3-7-15-38/h2,4-5,8-11,17,21,23,28H,3,6-7,12-16,18-19H2,1H3,(H,36,40)/t21-,28+/m1/s1. The average Bonchev–Trinajstić information content (AvgIpc) is 3.07. The van der Waals surface area contributed by atoms with Crippen LogP contribution in [0.25, 0.3) is 0 Å². The number of rotatable bonds is 9. The van der Waals surface area contributed by atoms with Gasteiger partial charge < -0.3 is 24.6 Å². The summed E-state index contributed by atoms with van der Waals surface area (Å²) in [5, 5.41) is 2.58. The number of hydrogen-bond acceptors (Lipinski definition) is 6. The molecule has 0 bridgehead atoms. The van der Waals surface area contributed by atoms with Crippen LogP contribution in [0.1, 0.15) is 49.7 Å². The lowest BCUT2D eigenvalue weighted by Crippen LogP contribution is -2.48. The molecule has 3 aliphatic rings. The number of halogens is 3. The number of piperidine rings is 1. The molecule has 9 nitrogen and oxygen atoms in total. The van der Waals surface area contributed by atoms with Crippen molar-refractivity contribution in [2.75, 3.05) is 38.3 Å². The Morgan fingerprint density at radius 2 is 1.81 bits per heavy atom. The molecule has 2 fully saturated rings. The van der Waals surface area contributed by atoms with E-state index in [0.717, 1.165) is 19.3 Å². The molecule has 0 radical (unpaired) electrons. The van der Waals surface area contributed by atoms with Crippen molar-refractivity contribution >= 4 is 29.1 Å². The van der Waals surface area contributed by atoms with Gasteiger partial charge in [-0.2, -0.15) is 13.2 Å². The van der Waals surface area contributed by atoms with Crippen molar-refractivity contribution in [1.29, 1.82) is 0 Å². The molecule has 0 aliphatic carbocycles. The maximum absolute atomic E-state index is 13.7. The highest BCUT2D eigenvalue weighted by Crippen LogP contribution is 2.32. The first-order valence-corrected chi connectivity index (χ1v) is 14.5. The van der Waals surface area contributed by atoms with Gasteiger partial charge in [-0.1, -0.05) is 30.3 Å². The summed E-state index contributed by atoms with van der Waals surface area (Å²) >= 11 is 0. The highest BCUT2D eigenvalue weighted by molar-refractivity contribution is 6.20. The zero-order valence-electron chi connectivity index (χ0n) is 23.9. The monoisotopic (exact) mass is 600 g/mol. The van der Waals surface area contributed by atoms with E-state index in [1.807, 2.05) is 30.3 Å². The second-order valence-electron chi connectivity index (χ2n) is 11.1. The molecule has 2 atom stereocenters. The minimum atomic E-state index is -4.50. The van der Waals surface area contributed by atoms with Crippen LogP contribution in [0.2, 0.25) is 0 Å². The van der Waals surface area contributed by atoms with Crippen LogP contribution in [0.3, 0.4) is 0 Å². The molecule has 5 rings (SSSR count). The fourth-order valence-electron chi connectivity index (χ4n) is 5.41. The quantitative estimate of drug-likeness (QED) is 0.468. The topological polar surface area (TPSA) is 101 Å². The lowest BCUT2D eigenvalue weighted by atomic mass is 9.96. The Morgan fingerprint density at radius 3 is 2.47 bits per heavy atom. The van der Waals surface area contributed by atoms with E-state index in [-0.39, 0.29) is 18.4 Å². The molecule has 12 heteroatoms. The SMILES string of the molecule is CN1C(=O)[C@H](NC(=O)[C@H](CCC(F)(F)F)CC(=O)N2CCCCC2)N=C(c2ccccc2)c2ccc(OC3COC3)cc21. The maximum atomic E-state index is 13.7. The summed E-state index contributed by atoms with van der Waals surface area (Å²) in [4.78, 5) is 47.8. The molecule has 0 spiro atoms. The van der Waals surface area contributed by atoms with Crippen LogP contribution < -0.4 is 15.0 Å². The maximum Gasteiger partial charge on any atom is 0.389 e. The normalized spacial score (nSPS) is 20.0. The van der Waals surface area contributed by atoms with Gasteiger partial charge in [-0.15, -0.1) is 0 Å². The molecule has 1 N–H and O–H groups in total. The number of likely N-dealkylation sites (N-methyl/N-ethyl adjacent to an activating group) is 1. The first-order chi connectivity index (χ1) is 20.6. The molecule has 3 amide bonds. The minimum absolute atomic E-state index is 0.0968. The van der Waals surface area contributed by atoms with Crippen LogP contribution in [0.15, 0.2) is 53.5 Å². The fourth-order valence-corrected chi connectivity index (χ4v) is 5.41. The number of amides is 3. The van der Waals surface area contributed by atoms with Crippen LogP contribution >= 0.6 is 0 Å². The average molecular weight is 601 g/mol. The van der Waals surface area contributed by atoms with Crippen LogP contribution in [0.4, 0.5) is 18.9 Å². The highest BCUT2D eigenvalue weighted by Gasteiger charge is 2.36. The van der Waals surface area contributed by atoms with E-state index < -0.39 is 42.9 Å². The molecule has 2 aromatic carbocycles. The Labute approximate surface area is 248 Å². The molecule has 0 aromatic heterocycles. The predicted molar refractivity (Wildman–Crippen MR) is 153 cm³/mol. The lowest BCUT2D eigenvalue weighted by Gasteiger charge is -2.29. The molecule has 3 aliphatic heterocycles. The van der Waals surface area contributed by atoms with Gasteiger partial charge in [-0.3, -0.25) is 14.4 Å². The number of anilines is 1. The van der Waals surface area contributed by atoms with E-state index in [2.05, 4.69) is 10.3 Å². The van der Waals surface area contributed by atoms with Gasteiger partial charge in [0.2, 0.25) is 18.0 Å². The Hall–Kier alpha value is -3.93. The molecule has 2 saturated heterocycles. The van der Waals surface area contributed by atoms with Gasteiger partial charge in [0, 0.05) is 56.1 Å². The summed E-state index contributed by atoms with van der Waals surface area (Å²) < 4.78 is 50.7. The minimum Gasteiger partial charge on any atom is -0.486 e. The van der Waals surface area contributed by atoms with Crippen molar-refractivity contribution in [2.45, 2.75) is 57.0 Å². The summed E-state index contributed by atoms with van der Waals surface area (Å²) in [6.07, 6.45) is -5.60. The summed E-state index contributed by atoms with van der Waals surface area (Å²) in [6, 6.07) is 14.4. The van der Waals surface area contributed by atoms with Crippen molar-refractivity contribution < 1.29 is 37.0 Å². The second-order valence-corrected chi connectivity index (χ2v) is 11.1. The molecule has 3 heterocycles. The van der Waals surface area contributed by atoms with Crippen LogP contribution in [-0.2, 0) is 19.1 Å². The number of nitrogens with zero attached hydrogens (tertiary/aromatic N) is 3. The van der Waals surface area contributed by atoms with E-state index in [0.29, 0.717) is 54.6 Å².